The predicted octanol–water partition coefficient (Wildman–Crippen LogP) is 1.40. The van der Waals surface area contributed by atoms with E-state index in [2.05, 4.69) is 9.97 Å². The van der Waals surface area contributed by atoms with E-state index in [9.17, 15) is 9.18 Å². The van der Waals surface area contributed by atoms with Crippen LogP contribution in [0.5, 0.6) is 0 Å². The van der Waals surface area contributed by atoms with E-state index >= 15 is 0 Å². The van der Waals surface area contributed by atoms with Crippen molar-refractivity contribution >= 4 is 17.0 Å². The lowest BCUT2D eigenvalue weighted by molar-refractivity contribution is 0.0699. The molecule has 2 N–H and O–H groups in total. The SMILES string of the molecule is O=C(O)c1c[nH]c2ncc(F)cc12. The highest BCUT2D eigenvalue weighted by atomic mass is 19.1. The van der Waals surface area contributed by atoms with Crippen LogP contribution in [-0.2, 0) is 0 Å². The number of rotatable bonds is 1. The van der Waals surface area contributed by atoms with Crippen LogP contribution in [0.4, 0.5) is 4.39 Å². The summed E-state index contributed by atoms with van der Waals surface area (Å²) < 4.78 is 12.7. The van der Waals surface area contributed by atoms with Crippen LogP contribution in [0.2, 0.25) is 0 Å². The molecule has 4 nitrogen and oxygen atoms in total. The van der Waals surface area contributed by atoms with Crippen LogP contribution in [0.1, 0.15) is 10.4 Å². The number of fused-ring (bicyclic) bond motifs is 1. The topological polar surface area (TPSA) is 66.0 Å². The van der Waals surface area contributed by atoms with Crippen molar-refractivity contribution in [3.8, 4) is 0 Å². The van der Waals surface area contributed by atoms with Crippen molar-refractivity contribution in [3.05, 3.63) is 29.8 Å². The summed E-state index contributed by atoms with van der Waals surface area (Å²) in [6, 6.07) is 1.14. The average molecular weight is 180 g/mol. The van der Waals surface area contributed by atoms with Crippen molar-refractivity contribution in [2.24, 2.45) is 0 Å². The highest BCUT2D eigenvalue weighted by molar-refractivity contribution is 6.01. The molecule has 0 bridgehead atoms. The van der Waals surface area contributed by atoms with Crippen molar-refractivity contribution < 1.29 is 14.3 Å². The first-order valence-corrected chi connectivity index (χ1v) is 3.54. The van der Waals surface area contributed by atoms with Gasteiger partial charge in [-0.15, -0.1) is 0 Å². The molecule has 5 heteroatoms. The summed E-state index contributed by atoms with van der Waals surface area (Å²) in [6.07, 6.45) is 2.32. The molecule has 0 saturated carbocycles. The van der Waals surface area contributed by atoms with Gasteiger partial charge in [-0.2, -0.15) is 0 Å². The molecule has 0 radical (unpaired) electrons. The third kappa shape index (κ3) is 1.14. The maximum Gasteiger partial charge on any atom is 0.337 e. The van der Waals surface area contributed by atoms with E-state index in [0.717, 1.165) is 12.3 Å². The van der Waals surface area contributed by atoms with E-state index in [0.29, 0.717) is 5.65 Å². The minimum absolute atomic E-state index is 0.0296. The minimum Gasteiger partial charge on any atom is -0.478 e. The number of nitrogens with zero attached hydrogens (tertiary/aromatic N) is 1. The Kier molecular flexibility index (Phi) is 1.51. The third-order valence-electron chi connectivity index (χ3n) is 1.73. The first-order valence-electron chi connectivity index (χ1n) is 3.54. The van der Waals surface area contributed by atoms with Crippen LogP contribution in [-0.4, -0.2) is 21.0 Å². The maximum atomic E-state index is 12.7. The monoisotopic (exact) mass is 180 g/mol. The van der Waals surface area contributed by atoms with Gasteiger partial charge in [0.1, 0.15) is 11.5 Å². The smallest absolute Gasteiger partial charge is 0.337 e. The van der Waals surface area contributed by atoms with Crippen molar-refractivity contribution in [3.63, 3.8) is 0 Å². The van der Waals surface area contributed by atoms with E-state index in [1.54, 1.807) is 0 Å². The summed E-state index contributed by atoms with van der Waals surface area (Å²) in [5.41, 5.74) is 0.404. The molecule has 2 aromatic rings. The normalized spacial score (nSPS) is 10.5. The molecular formula is C8H5FN2O2. The molecule has 2 heterocycles. The van der Waals surface area contributed by atoms with E-state index < -0.39 is 11.8 Å². The number of aromatic nitrogens is 2. The van der Waals surface area contributed by atoms with E-state index in [1.165, 1.54) is 6.20 Å². The molecule has 0 aliphatic carbocycles. The summed E-state index contributed by atoms with van der Waals surface area (Å²) in [5, 5.41) is 8.98. The van der Waals surface area contributed by atoms with Gasteiger partial charge in [-0.1, -0.05) is 0 Å². The van der Waals surface area contributed by atoms with Gasteiger partial charge < -0.3 is 10.1 Å². The Labute approximate surface area is 72.0 Å². The number of hydrogen-bond acceptors (Lipinski definition) is 2. The van der Waals surface area contributed by atoms with Gasteiger partial charge >= 0.3 is 5.97 Å². The first kappa shape index (κ1) is 7.72. The standard InChI is InChI=1S/C8H5FN2O2/c9-4-1-5-6(8(12)13)3-11-7(5)10-2-4/h1-3H,(H,10,11)(H,12,13). The molecule has 0 spiro atoms. The molecule has 0 aliphatic rings. The molecule has 13 heavy (non-hydrogen) atoms. The highest BCUT2D eigenvalue weighted by Gasteiger charge is 2.11. The molecule has 0 fully saturated rings. The van der Waals surface area contributed by atoms with Crippen LogP contribution in [0.25, 0.3) is 11.0 Å². The Bertz CT molecular complexity index is 478. The number of nitrogens with one attached hydrogen (secondary N) is 1. The lowest BCUT2D eigenvalue weighted by Gasteiger charge is -1.91. The summed E-state index contributed by atoms with van der Waals surface area (Å²) in [5.74, 6) is -1.65. The van der Waals surface area contributed by atoms with Gasteiger partial charge in [-0.25, -0.2) is 14.2 Å². The van der Waals surface area contributed by atoms with Crippen molar-refractivity contribution in [2.75, 3.05) is 0 Å². The quantitative estimate of drug-likeness (QED) is 0.697. The van der Waals surface area contributed by atoms with E-state index in [-0.39, 0.29) is 10.9 Å². The fraction of sp³-hybridized carbons (Fsp3) is 0. The molecule has 2 aromatic heterocycles. The van der Waals surface area contributed by atoms with Crippen LogP contribution >= 0.6 is 0 Å². The van der Waals surface area contributed by atoms with Crippen LogP contribution in [0, 0.1) is 5.82 Å². The number of carboxylic acids is 1. The van der Waals surface area contributed by atoms with Crippen LogP contribution in [0.15, 0.2) is 18.5 Å². The first-order chi connectivity index (χ1) is 6.18. The number of H-pyrrole nitrogens is 1. The second-order valence-corrected chi connectivity index (χ2v) is 2.56. The Morgan fingerprint density at radius 1 is 1.62 bits per heavy atom. The van der Waals surface area contributed by atoms with Crippen molar-refractivity contribution in [2.45, 2.75) is 0 Å². The number of aromatic carboxylic acids is 1. The molecule has 0 atom stereocenters. The van der Waals surface area contributed by atoms with Gasteiger partial charge in [0.2, 0.25) is 0 Å². The Morgan fingerprint density at radius 2 is 2.38 bits per heavy atom. The lowest BCUT2D eigenvalue weighted by Crippen LogP contribution is -1.93. The molecular weight excluding hydrogens is 175 g/mol. The Balaban J connectivity index is 2.79. The van der Waals surface area contributed by atoms with Crippen LogP contribution in [0.3, 0.4) is 0 Å². The fourth-order valence-corrected chi connectivity index (χ4v) is 1.15. The van der Waals surface area contributed by atoms with E-state index in [1.807, 2.05) is 0 Å². The number of pyridine rings is 1. The largest absolute Gasteiger partial charge is 0.478 e. The Morgan fingerprint density at radius 3 is 3.08 bits per heavy atom. The second kappa shape index (κ2) is 2.55. The van der Waals surface area contributed by atoms with Crippen LogP contribution < -0.4 is 0 Å². The van der Waals surface area contributed by atoms with E-state index in [4.69, 9.17) is 5.11 Å². The second-order valence-electron chi connectivity index (χ2n) is 2.56. The van der Waals surface area contributed by atoms with Crippen molar-refractivity contribution in [1.29, 1.82) is 0 Å². The molecule has 66 valence electrons. The van der Waals surface area contributed by atoms with Gasteiger partial charge in [0.05, 0.1) is 11.8 Å². The third-order valence-corrected chi connectivity index (χ3v) is 1.73. The zero-order chi connectivity index (χ0) is 9.42. The molecule has 0 unspecified atom stereocenters. The summed E-state index contributed by atoms with van der Waals surface area (Å²) in [4.78, 5) is 16.9. The van der Waals surface area contributed by atoms with Gasteiger partial charge in [-0.3, -0.25) is 0 Å². The molecule has 0 saturated heterocycles. The zero-order valence-electron chi connectivity index (χ0n) is 6.41. The van der Waals surface area contributed by atoms with Gasteiger partial charge in [0, 0.05) is 11.6 Å². The number of aromatic amines is 1. The highest BCUT2D eigenvalue weighted by Crippen LogP contribution is 2.16. The van der Waals surface area contributed by atoms with Gasteiger partial charge in [0.15, 0.2) is 0 Å². The number of hydrogen-bond donors (Lipinski definition) is 2. The predicted molar refractivity (Wildman–Crippen MR) is 43.0 cm³/mol. The summed E-state index contributed by atoms with van der Waals surface area (Å²) >= 11 is 0. The zero-order valence-corrected chi connectivity index (χ0v) is 6.41. The fourth-order valence-electron chi connectivity index (χ4n) is 1.15. The number of halogens is 1. The molecule has 2 rings (SSSR count). The number of carboxylic acid groups (broad SMARTS) is 1. The Hall–Kier alpha value is -1.91. The number of carbonyl (C=O) groups is 1. The summed E-state index contributed by atoms with van der Waals surface area (Å²) in [7, 11) is 0. The molecule has 0 aliphatic heterocycles. The lowest BCUT2D eigenvalue weighted by atomic mass is 10.2. The van der Waals surface area contributed by atoms with Gasteiger partial charge in [-0.05, 0) is 6.07 Å². The average Bonchev–Trinajstić information content (AvgIpc) is 2.46. The molecule has 0 aromatic carbocycles. The maximum absolute atomic E-state index is 12.7. The minimum atomic E-state index is -1.10. The summed E-state index contributed by atoms with van der Waals surface area (Å²) in [6.45, 7) is 0. The van der Waals surface area contributed by atoms with Crippen molar-refractivity contribution in [1.82, 2.24) is 9.97 Å². The molecule has 0 amide bonds. The van der Waals surface area contributed by atoms with Gasteiger partial charge in [0.25, 0.3) is 0 Å².